The molecule has 176 valence electrons. The van der Waals surface area contributed by atoms with E-state index in [2.05, 4.69) is 28.9 Å². The standard InChI is InChI=1S/C23H30AsN5O3S/c1-14(2)12-18(22(30)27-9-8-25)24-21-20(15(3)28-33-21)17-6-4-16(5-7-17)19-13-26-10-11-29(19)23(31)32/h4-7,14,18-19,24,26H,9-13H2,1-3H3,(H,27,30)(H,31,32)/t18-,19?/m0/s1. The van der Waals surface area contributed by atoms with Crippen LogP contribution in [0.15, 0.2) is 24.3 Å². The summed E-state index contributed by atoms with van der Waals surface area (Å²) < 4.78 is 5.65. The molecule has 8 nitrogen and oxygen atoms in total. The van der Waals surface area contributed by atoms with Gasteiger partial charge in [0, 0.05) is 0 Å². The third-order valence-corrected chi connectivity index (χ3v) is 10.4. The van der Waals surface area contributed by atoms with Crippen LogP contribution in [0.2, 0.25) is 4.71 Å². The molecule has 0 spiro atoms. The molecule has 1 fully saturated rings. The summed E-state index contributed by atoms with van der Waals surface area (Å²) in [7, 11) is 0. The summed E-state index contributed by atoms with van der Waals surface area (Å²) in [5.74, 6) is 0.334. The fraction of sp³-hybridized carbons (Fsp3) is 0.478. The van der Waals surface area contributed by atoms with Crippen molar-refractivity contribution in [2.24, 2.45) is 5.92 Å². The number of amides is 2. The van der Waals surface area contributed by atoms with Gasteiger partial charge in [-0.15, -0.1) is 0 Å². The van der Waals surface area contributed by atoms with E-state index in [-0.39, 0.29) is 23.2 Å². The maximum absolute atomic E-state index is 12.7. The first kappa shape index (κ1) is 25.2. The van der Waals surface area contributed by atoms with Crippen molar-refractivity contribution in [2.45, 2.75) is 37.9 Å². The molecule has 10 heteroatoms. The Morgan fingerprint density at radius 1 is 1.39 bits per heavy atom. The van der Waals surface area contributed by atoms with Crippen molar-refractivity contribution in [1.29, 1.82) is 5.26 Å². The van der Waals surface area contributed by atoms with E-state index in [1.807, 2.05) is 37.3 Å². The van der Waals surface area contributed by atoms with Crippen LogP contribution in [0, 0.1) is 24.2 Å². The zero-order valence-corrected chi connectivity index (χ0v) is 22.0. The molecular weight excluding hydrogens is 501 g/mol. The van der Waals surface area contributed by atoms with Crippen molar-refractivity contribution >= 4 is 43.0 Å². The van der Waals surface area contributed by atoms with Crippen LogP contribution in [0.1, 0.15) is 37.6 Å². The predicted octanol–water partition coefficient (Wildman–Crippen LogP) is 2.28. The third kappa shape index (κ3) is 6.35. The van der Waals surface area contributed by atoms with E-state index in [0.29, 0.717) is 25.6 Å². The van der Waals surface area contributed by atoms with E-state index in [1.165, 1.54) is 20.1 Å². The summed E-state index contributed by atoms with van der Waals surface area (Å²) in [5.41, 5.74) is 4.03. The Morgan fingerprint density at radius 2 is 2.12 bits per heavy atom. The predicted molar refractivity (Wildman–Crippen MR) is 131 cm³/mol. The number of nitriles is 1. The van der Waals surface area contributed by atoms with Crippen LogP contribution < -0.4 is 14.3 Å². The topological polar surface area (TPSA) is 118 Å². The SMILES string of the molecule is Cc1nsc([AsH][C@@H](CC(C)C)C(=O)NCC#N)c1-c1ccc(C2CNCCN2C(=O)O)cc1. The molecular formula is C23H30AsN5O3S. The molecule has 1 saturated heterocycles. The van der Waals surface area contributed by atoms with Crippen molar-refractivity contribution in [3.8, 4) is 17.2 Å². The number of nitrogens with zero attached hydrogens (tertiary/aromatic N) is 3. The molecule has 0 bridgehead atoms. The van der Waals surface area contributed by atoms with Gasteiger partial charge in [0.2, 0.25) is 0 Å². The van der Waals surface area contributed by atoms with Crippen molar-refractivity contribution in [2.75, 3.05) is 26.2 Å². The molecule has 1 aromatic heterocycles. The van der Waals surface area contributed by atoms with Gasteiger partial charge in [-0.3, -0.25) is 0 Å². The molecule has 0 aliphatic carbocycles. The van der Waals surface area contributed by atoms with Crippen LogP contribution in [-0.2, 0) is 4.79 Å². The Hall–Kier alpha value is -2.40. The average molecular weight is 532 g/mol. The second-order valence-electron chi connectivity index (χ2n) is 8.49. The van der Waals surface area contributed by atoms with E-state index in [4.69, 9.17) is 5.26 Å². The summed E-state index contributed by atoms with van der Waals surface area (Å²) in [6.45, 7) is 7.95. The number of aryl methyl sites for hydroxylation is 1. The molecule has 1 aromatic carbocycles. The molecule has 2 amide bonds. The van der Waals surface area contributed by atoms with Crippen molar-refractivity contribution in [1.82, 2.24) is 19.9 Å². The molecule has 1 aliphatic heterocycles. The number of benzene rings is 1. The fourth-order valence-electron chi connectivity index (χ4n) is 4.02. The molecule has 33 heavy (non-hydrogen) atoms. The van der Waals surface area contributed by atoms with Gasteiger partial charge in [-0.2, -0.15) is 0 Å². The van der Waals surface area contributed by atoms with Gasteiger partial charge in [-0.25, -0.2) is 0 Å². The van der Waals surface area contributed by atoms with Crippen LogP contribution in [0.3, 0.4) is 0 Å². The zero-order valence-electron chi connectivity index (χ0n) is 19.1. The molecule has 1 aliphatic rings. The number of hydrogen-bond acceptors (Lipinski definition) is 6. The molecule has 2 aromatic rings. The number of carbonyl (C=O) groups excluding carboxylic acids is 1. The number of hydrogen-bond donors (Lipinski definition) is 3. The van der Waals surface area contributed by atoms with Crippen molar-refractivity contribution in [3.05, 3.63) is 35.5 Å². The van der Waals surface area contributed by atoms with E-state index in [0.717, 1.165) is 28.8 Å². The minimum absolute atomic E-state index is 0.0268. The van der Waals surface area contributed by atoms with E-state index in [1.54, 1.807) is 0 Å². The first-order valence-corrected chi connectivity index (χ1v) is 14.0. The monoisotopic (exact) mass is 531 g/mol. The zero-order chi connectivity index (χ0) is 24.0. The number of carbonyl (C=O) groups is 2. The van der Waals surface area contributed by atoms with Gasteiger partial charge in [-0.1, -0.05) is 0 Å². The van der Waals surface area contributed by atoms with E-state index in [9.17, 15) is 14.7 Å². The van der Waals surface area contributed by atoms with Crippen LogP contribution in [0.4, 0.5) is 4.79 Å². The van der Waals surface area contributed by atoms with Gasteiger partial charge in [0.25, 0.3) is 0 Å². The number of nitrogens with one attached hydrogen (secondary N) is 2. The quantitative estimate of drug-likeness (QED) is 0.355. The summed E-state index contributed by atoms with van der Waals surface area (Å²) in [6.07, 6.45) is -0.117. The van der Waals surface area contributed by atoms with Crippen LogP contribution in [0.25, 0.3) is 11.1 Å². The van der Waals surface area contributed by atoms with E-state index >= 15 is 0 Å². The first-order chi connectivity index (χ1) is 15.8. The van der Waals surface area contributed by atoms with Gasteiger partial charge in [0.15, 0.2) is 0 Å². The van der Waals surface area contributed by atoms with Gasteiger partial charge in [0.05, 0.1) is 0 Å². The summed E-state index contributed by atoms with van der Waals surface area (Å²) in [5, 5.41) is 24.4. The summed E-state index contributed by atoms with van der Waals surface area (Å²) >= 11 is 0.646. The van der Waals surface area contributed by atoms with Gasteiger partial charge >= 0.3 is 206 Å². The molecule has 2 heterocycles. The van der Waals surface area contributed by atoms with Crippen LogP contribution in [-0.4, -0.2) is 68.3 Å². The summed E-state index contributed by atoms with van der Waals surface area (Å²) in [6, 6.07) is 9.83. The molecule has 3 atom stereocenters. The van der Waals surface area contributed by atoms with Gasteiger partial charge < -0.3 is 0 Å². The molecule has 3 rings (SSSR count). The first-order valence-electron chi connectivity index (χ1n) is 11.0. The average Bonchev–Trinajstić information content (AvgIpc) is 3.16. The normalized spacial score (nSPS) is 17.3. The molecule has 0 radical (unpaired) electrons. The minimum atomic E-state index is -0.901. The second kappa shape index (κ2) is 11.6. The molecule has 2 unspecified atom stereocenters. The number of rotatable bonds is 8. The van der Waals surface area contributed by atoms with Crippen LogP contribution in [0.5, 0.6) is 0 Å². The number of carboxylic acid groups (broad SMARTS) is 1. The van der Waals surface area contributed by atoms with Gasteiger partial charge in [0.1, 0.15) is 0 Å². The fourth-order valence-corrected chi connectivity index (χ4v) is 9.48. The maximum atomic E-state index is 12.7. The Balaban J connectivity index is 1.84. The molecule has 3 N–H and O–H groups in total. The van der Waals surface area contributed by atoms with Gasteiger partial charge in [-0.05, 0) is 0 Å². The number of piperazine rings is 1. The summed E-state index contributed by atoms with van der Waals surface area (Å²) in [4.78, 5) is 25.8. The van der Waals surface area contributed by atoms with Crippen molar-refractivity contribution < 1.29 is 14.7 Å². The van der Waals surface area contributed by atoms with Crippen molar-refractivity contribution in [3.63, 3.8) is 0 Å². The Kier molecular flexibility index (Phi) is 8.90. The van der Waals surface area contributed by atoms with E-state index < -0.39 is 21.8 Å². The Bertz CT molecular complexity index is 1020. The third-order valence-electron chi connectivity index (χ3n) is 5.61. The Morgan fingerprint density at radius 3 is 2.76 bits per heavy atom. The Labute approximate surface area is 205 Å². The second-order valence-corrected chi connectivity index (χ2v) is 13.1. The molecule has 0 saturated carbocycles. The van der Waals surface area contributed by atoms with Crippen LogP contribution >= 0.6 is 11.5 Å². The number of aromatic nitrogens is 1.